The van der Waals surface area contributed by atoms with E-state index in [1.165, 1.54) is 0 Å². The molecule has 0 radical (unpaired) electrons. The predicted octanol–water partition coefficient (Wildman–Crippen LogP) is 2.78. The van der Waals surface area contributed by atoms with Crippen LogP contribution in [0.3, 0.4) is 0 Å². The van der Waals surface area contributed by atoms with E-state index in [1.807, 2.05) is 6.07 Å². The smallest absolute Gasteiger partial charge is 0.267 e. The molecule has 0 fully saturated rings. The third kappa shape index (κ3) is 4.02. The summed E-state index contributed by atoms with van der Waals surface area (Å²) in [4.78, 5) is 25.4. The second kappa shape index (κ2) is 6.86. The maximum atomic E-state index is 12.7. The first-order chi connectivity index (χ1) is 10.9. The number of hydrazine groups is 1. The van der Waals surface area contributed by atoms with Crippen molar-refractivity contribution >= 4 is 11.8 Å². The minimum atomic E-state index is -1.07. The zero-order chi connectivity index (χ0) is 16.9. The Hall–Kier alpha value is -2.97. The number of hydrogen-bond acceptors (Lipinski definition) is 4. The van der Waals surface area contributed by atoms with Crippen molar-refractivity contribution in [3.05, 3.63) is 71.8 Å². The maximum Gasteiger partial charge on any atom is 0.275 e. The fourth-order valence-corrected chi connectivity index (χ4v) is 1.92. The molecule has 23 heavy (non-hydrogen) atoms. The molecule has 5 nitrogen and oxygen atoms in total. The number of amides is 2. The Balaban J connectivity index is 2.38. The van der Waals surface area contributed by atoms with Crippen LogP contribution in [0.4, 0.5) is 0 Å². The van der Waals surface area contributed by atoms with Crippen LogP contribution in [0.25, 0.3) is 0 Å². The highest BCUT2D eigenvalue weighted by Crippen LogP contribution is 2.11. The van der Waals surface area contributed by atoms with Gasteiger partial charge in [-0.25, -0.2) is 10.4 Å². The van der Waals surface area contributed by atoms with Crippen LogP contribution in [0.1, 0.15) is 34.6 Å². The van der Waals surface area contributed by atoms with Crippen LogP contribution in [0, 0.1) is 11.3 Å². The van der Waals surface area contributed by atoms with Crippen molar-refractivity contribution in [2.24, 2.45) is 0 Å². The van der Waals surface area contributed by atoms with Crippen molar-refractivity contribution in [2.75, 3.05) is 0 Å². The Morgan fingerprint density at radius 3 is 1.65 bits per heavy atom. The van der Waals surface area contributed by atoms with Crippen LogP contribution in [0.15, 0.2) is 60.7 Å². The van der Waals surface area contributed by atoms with E-state index in [0.29, 0.717) is 11.1 Å². The molecule has 0 aliphatic heterocycles. The molecule has 0 saturated carbocycles. The zero-order valence-corrected chi connectivity index (χ0v) is 13.0. The molecule has 2 amide bonds. The molecule has 0 aliphatic rings. The van der Waals surface area contributed by atoms with Gasteiger partial charge in [-0.15, -0.1) is 0 Å². The number of nitrogens with zero attached hydrogens (tertiary/aromatic N) is 2. The topological polar surface area (TPSA) is 73.2 Å². The molecular weight excluding hydrogens is 290 g/mol. The normalized spacial score (nSPS) is 10.7. The first-order valence-electron chi connectivity index (χ1n) is 7.12. The van der Waals surface area contributed by atoms with Crippen LogP contribution in [-0.4, -0.2) is 22.4 Å². The molecule has 0 heterocycles. The highest BCUT2D eigenvalue weighted by molar-refractivity contribution is 6.09. The summed E-state index contributed by atoms with van der Waals surface area (Å²) in [6.07, 6.45) is 0. The lowest BCUT2D eigenvalue weighted by Gasteiger charge is -2.28. The van der Waals surface area contributed by atoms with Crippen molar-refractivity contribution in [3.8, 4) is 6.07 Å². The summed E-state index contributed by atoms with van der Waals surface area (Å²) in [7, 11) is 0. The molecule has 5 heteroatoms. The van der Waals surface area contributed by atoms with Crippen LogP contribution < -0.4 is 5.43 Å². The van der Waals surface area contributed by atoms with Gasteiger partial charge in [-0.2, -0.15) is 5.26 Å². The predicted molar refractivity (Wildman–Crippen MR) is 86.2 cm³/mol. The summed E-state index contributed by atoms with van der Waals surface area (Å²) in [6, 6.07) is 18.9. The first-order valence-corrected chi connectivity index (χ1v) is 7.12. The van der Waals surface area contributed by atoms with E-state index in [2.05, 4.69) is 5.43 Å². The third-order valence-corrected chi connectivity index (χ3v) is 3.12. The highest BCUT2D eigenvalue weighted by atomic mass is 16.2. The monoisotopic (exact) mass is 307 g/mol. The molecule has 2 rings (SSSR count). The Bertz CT molecular complexity index is 682. The minimum Gasteiger partial charge on any atom is -0.267 e. The lowest BCUT2D eigenvalue weighted by Crippen LogP contribution is -2.55. The molecule has 1 N–H and O–H groups in total. The summed E-state index contributed by atoms with van der Waals surface area (Å²) in [5, 5.41) is 10.1. The molecule has 0 bridgehead atoms. The molecule has 116 valence electrons. The molecule has 0 aliphatic carbocycles. The third-order valence-electron chi connectivity index (χ3n) is 3.12. The number of benzene rings is 2. The van der Waals surface area contributed by atoms with Crippen molar-refractivity contribution in [1.29, 1.82) is 5.26 Å². The number of rotatable bonds is 4. The van der Waals surface area contributed by atoms with Crippen molar-refractivity contribution < 1.29 is 9.59 Å². The van der Waals surface area contributed by atoms with E-state index in [4.69, 9.17) is 0 Å². The van der Waals surface area contributed by atoms with Gasteiger partial charge >= 0.3 is 0 Å². The Morgan fingerprint density at radius 2 is 1.30 bits per heavy atom. The van der Waals surface area contributed by atoms with Crippen LogP contribution in [0.2, 0.25) is 0 Å². The number of nitrogens with one attached hydrogen (secondary N) is 1. The van der Waals surface area contributed by atoms with E-state index in [-0.39, 0.29) is 0 Å². The van der Waals surface area contributed by atoms with Crippen molar-refractivity contribution in [1.82, 2.24) is 10.4 Å². The van der Waals surface area contributed by atoms with Gasteiger partial charge in [-0.3, -0.25) is 9.59 Å². The zero-order valence-electron chi connectivity index (χ0n) is 13.0. The lowest BCUT2D eigenvalue weighted by molar-refractivity contribution is 0.0474. The second-order valence-electron chi connectivity index (χ2n) is 5.53. The van der Waals surface area contributed by atoms with Crippen molar-refractivity contribution in [2.45, 2.75) is 19.4 Å². The number of imide groups is 1. The summed E-state index contributed by atoms with van der Waals surface area (Å²) < 4.78 is 0. The molecule has 0 unspecified atom stereocenters. The largest absolute Gasteiger partial charge is 0.275 e. The molecule has 2 aromatic carbocycles. The second-order valence-corrected chi connectivity index (χ2v) is 5.53. The molecule has 0 aromatic heterocycles. The summed E-state index contributed by atoms with van der Waals surface area (Å²) in [6.45, 7) is 3.19. The maximum absolute atomic E-state index is 12.7. The van der Waals surface area contributed by atoms with E-state index >= 15 is 0 Å². The number of hydrogen-bond donors (Lipinski definition) is 1. The molecule has 0 saturated heterocycles. The van der Waals surface area contributed by atoms with Crippen molar-refractivity contribution in [3.63, 3.8) is 0 Å². The van der Waals surface area contributed by atoms with Gasteiger partial charge in [0.25, 0.3) is 11.8 Å². The van der Waals surface area contributed by atoms with Gasteiger partial charge < -0.3 is 0 Å². The summed E-state index contributed by atoms with van der Waals surface area (Å²) >= 11 is 0. The van der Waals surface area contributed by atoms with E-state index in [0.717, 1.165) is 5.01 Å². The highest BCUT2D eigenvalue weighted by Gasteiger charge is 2.30. The van der Waals surface area contributed by atoms with E-state index in [9.17, 15) is 14.9 Å². The Kier molecular flexibility index (Phi) is 4.89. The molecule has 0 spiro atoms. The van der Waals surface area contributed by atoms with Crippen LogP contribution in [-0.2, 0) is 0 Å². The quantitative estimate of drug-likeness (QED) is 0.696. The SMILES string of the molecule is CC(C)(C#N)NN(C(=O)c1ccccc1)C(=O)c1ccccc1. The van der Waals surface area contributed by atoms with Gasteiger partial charge in [0.1, 0.15) is 5.54 Å². The van der Waals surface area contributed by atoms with E-state index in [1.54, 1.807) is 74.5 Å². The van der Waals surface area contributed by atoms with Gasteiger partial charge in [0, 0.05) is 11.1 Å². The first kappa shape index (κ1) is 16.4. The van der Waals surface area contributed by atoms with Crippen LogP contribution in [0.5, 0.6) is 0 Å². The van der Waals surface area contributed by atoms with Gasteiger partial charge in [0.05, 0.1) is 6.07 Å². The van der Waals surface area contributed by atoms with Gasteiger partial charge in [0.15, 0.2) is 0 Å². The number of carbonyl (C=O) groups is 2. The summed E-state index contributed by atoms with van der Waals surface area (Å²) in [5.74, 6) is -1.02. The van der Waals surface area contributed by atoms with Gasteiger partial charge in [0.2, 0.25) is 0 Å². The fraction of sp³-hybridized carbons (Fsp3) is 0.167. The number of carbonyl (C=O) groups excluding carboxylic acids is 2. The molecule has 2 aromatic rings. The summed E-state index contributed by atoms with van der Waals surface area (Å²) in [5.41, 5.74) is 2.36. The number of nitriles is 1. The Morgan fingerprint density at radius 1 is 0.913 bits per heavy atom. The fourth-order valence-electron chi connectivity index (χ4n) is 1.92. The minimum absolute atomic E-state index is 0.359. The standard InChI is InChI=1S/C18H17N3O2/c1-18(2,13-19)20-21(16(22)14-9-5-3-6-10-14)17(23)15-11-7-4-8-12-15/h3-12,20H,1-2H3. The average molecular weight is 307 g/mol. The lowest BCUT2D eigenvalue weighted by atomic mass is 10.1. The Labute approximate surface area is 135 Å². The average Bonchev–Trinajstić information content (AvgIpc) is 2.60. The van der Waals surface area contributed by atoms with E-state index < -0.39 is 17.4 Å². The molecular formula is C18H17N3O2. The van der Waals surface area contributed by atoms with Gasteiger partial charge in [-0.1, -0.05) is 36.4 Å². The van der Waals surface area contributed by atoms with Crippen LogP contribution >= 0.6 is 0 Å². The molecule has 0 atom stereocenters. The van der Waals surface area contributed by atoms with Gasteiger partial charge in [-0.05, 0) is 38.1 Å².